The zero-order valence-electron chi connectivity index (χ0n) is 51.6. The van der Waals surface area contributed by atoms with Gasteiger partial charge in [-0.25, -0.2) is 0 Å². The number of ether oxygens (including phenoxy) is 2. The van der Waals surface area contributed by atoms with E-state index in [9.17, 15) is 40.5 Å². The van der Waals surface area contributed by atoms with Gasteiger partial charge in [0.2, 0.25) is 5.91 Å². The summed E-state index contributed by atoms with van der Waals surface area (Å²) in [6, 6.07) is -1.17. The van der Waals surface area contributed by atoms with E-state index in [1.54, 1.807) is 0 Å². The lowest BCUT2D eigenvalue weighted by molar-refractivity contribution is -0.303. The Balaban J connectivity index is 2.22. The molecule has 8 N–H and O–H groups in total. The monoisotopic (exact) mass is 1120 g/mol. The molecule has 0 spiro atoms. The molecule has 1 amide bonds. The zero-order chi connectivity index (χ0) is 57.5. The zero-order valence-corrected chi connectivity index (χ0v) is 51.6. The number of nitrogens with one attached hydrogen (secondary N) is 1. The highest BCUT2D eigenvalue weighted by Crippen LogP contribution is 2.24. The smallest absolute Gasteiger partial charge is 0.249 e. The van der Waals surface area contributed by atoms with E-state index in [4.69, 9.17) is 9.47 Å². The van der Waals surface area contributed by atoms with E-state index in [2.05, 4.69) is 43.5 Å². The van der Waals surface area contributed by atoms with Crippen molar-refractivity contribution >= 4 is 5.91 Å². The molecule has 0 saturated carbocycles. The van der Waals surface area contributed by atoms with Gasteiger partial charge in [-0.3, -0.25) is 4.79 Å². The van der Waals surface area contributed by atoms with Gasteiger partial charge < -0.3 is 50.5 Å². The Hall–Kier alpha value is -1.41. The predicted octanol–water partition coefficient (Wildman–Crippen LogP) is 16.0. The van der Waals surface area contributed by atoms with E-state index in [1.165, 1.54) is 244 Å². The number of carbonyl (C=O) groups is 1. The Labute approximate surface area is 486 Å². The van der Waals surface area contributed by atoms with Crippen molar-refractivity contribution < 1.29 is 50.0 Å². The summed E-state index contributed by atoms with van der Waals surface area (Å²) >= 11 is 0. The largest absolute Gasteiger partial charge is 0.394 e. The van der Waals surface area contributed by atoms with Crippen molar-refractivity contribution in [3.05, 3.63) is 24.3 Å². The van der Waals surface area contributed by atoms with Crippen LogP contribution < -0.4 is 5.32 Å². The first-order valence-electron chi connectivity index (χ1n) is 34.2. The van der Waals surface area contributed by atoms with Crippen LogP contribution in [0.25, 0.3) is 0 Å². The molecule has 0 aromatic heterocycles. The summed E-state index contributed by atoms with van der Waals surface area (Å²) < 4.78 is 11.2. The maximum absolute atomic E-state index is 13.2. The molecule has 1 rings (SSSR count). The second-order valence-electron chi connectivity index (χ2n) is 24.3. The van der Waals surface area contributed by atoms with Gasteiger partial charge >= 0.3 is 0 Å². The van der Waals surface area contributed by atoms with E-state index >= 15 is 0 Å². The van der Waals surface area contributed by atoms with Gasteiger partial charge in [0, 0.05) is 0 Å². The minimum absolute atomic E-state index is 0.258. The number of hydrogen-bond acceptors (Lipinski definition) is 10. The molecule has 1 heterocycles. The lowest BCUT2D eigenvalue weighted by atomic mass is 9.98. The maximum Gasteiger partial charge on any atom is 0.249 e. The third-order valence-electron chi connectivity index (χ3n) is 16.8. The number of allylic oxidation sites excluding steroid dienone is 4. The third kappa shape index (κ3) is 44.7. The van der Waals surface area contributed by atoms with Crippen molar-refractivity contribution in [1.29, 1.82) is 0 Å². The van der Waals surface area contributed by atoms with Crippen LogP contribution in [0, 0.1) is 0 Å². The van der Waals surface area contributed by atoms with E-state index in [0.717, 1.165) is 51.4 Å². The summed E-state index contributed by atoms with van der Waals surface area (Å²) in [7, 11) is 0. The Kier molecular flexibility index (Phi) is 54.6. The van der Waals surface area contributed by atoms with Crippen molar-refractivity contribution in [2.45, 2.75) is 390 Å². The Morgan fingerprint density at radius 1 is 0.443 bits per heavy atom. The van der Waals surface area contributed by atoms with Crippen molar-refractivity contribution in [1.82, 2.24) is 5.32 Å². The van der Waals surface area contributed by atoms with Gasteiger partial charge in [0.25, 0.3) is 0 Å². The molecule has 1 saturated heterocycles. The summed E-state index contributed by atoms with van der Waals surface area (Å²) in [6.45, 7) is 3.51. The van der Waals surface area contributed by atoms with Gasteiger partial charge in [-0.2, -0.15) is 0 Å². The van der Waals surface area contributed by atoms with Crippen molar-refractivity contribution in [3.63, 3.8) is 0 Å². The summed E-state index contributed by atoms with van der Waals surface area (Å²) in [5.41, 5.74) is 0. The molecule has 9 unspecified atom stereocenters. The highest BCUT2D eigenvalue weighted by molar-refractivity contribution is 5.80. The van der Waals surface area contributed by atoms with Gasteiger partial charge in [-0.15, -0.1) is 0 Å². The molecule has 468 valence electrons. The molecule has 1 aliphatic heterocycles. The van der Waals surface area contributed by atoms with Gasteiger partial charge in [-0.05, 0) is 44.9 Å². The minimum atomic E-state index is -1.66. The van der Waals surface area contributed by atoms with E-state index in [1.807, 2.05) is 0 Å². The van der Waals surface area contributed by atoms with Crippen LogP contribution in [0.3, 0.4) is 0 Å². The number of rotatable bonds is 60. The van der Waals surface area contributed by atoms with Crippen LogP contribution in [0.1, 0.15) is 335 Å². The molecule has 0 aliphatic carbocycles. The molecule has 9 atom stereocenters. The van der Waals surface area contributed by atoms with Crippen LogP contribution in [-0.4, -0.2) is 110 Å². The fourth-order valence-electron chi connectivity index (χ4n) is 11.2. The predicted molar refractivity (Wildman–Crippen MR) is 330 cm³/mol. The highest BCUT2D eigenvalue weighted by Gasteiger charge is 2.44. The van der Waals surface area contributed by atoms with Crippen LogP contribution in [0.4, 0.5) is 0 Å². The first-order chi connectivity index (χ1) is 38.7. The van der Waals surface area contributed by atoms with Crippen LogP contribution in [0.5, 0.6) is 0 Å². The first kappa shape index (κ1) is 75.6. The Morgan fingerprint density at radius 3 is 1.13 bits per heavy atom. The molecule has 1 fully saturated rings. The van der Waals surface area contributed by atoms with E-state index < -0.39 is 74.2 Å². The lowest BCUT2D eigenvalue weighted by Gasteiger charge is -2.40. The quantitative estimate of drug-likeness (QED) is 0.0215. The molecule has 0 radical (unpaired) electrons. The van der Waals surface area contributed by atoms with E-state index in [-0.39, 0.29) is 6.42 Å². The fraction of sp³-hybridized carbons (Fsp3) is 0.926. The third-order valence-corrected chi connectivity index (χ3v) is 16.8. The number of carbonyl (C=O) groups excluding carboxylic acids is 1. The van der Waals surface area contributed by atoms with Crippen molar-refractivity contribution in [2.24, 2.45) is 0 Å². The summed E-state index contributed by atoms with van der Waals surface area (Å²) in [6.07, 6.45) is 59.6. The molecule has 11 heteroatoms. The van der Waals surface area contributed by atoms with Gasteiger partial charge in [0.05, 0.1) is 25.4 Å². The van der Waals surface area contributed by atoms with Crippen molar-refractivity contribution in [2.75, 3.05) is 13.2 Å². The second-order valence-corrected chi connectivity index (χ2v) is 24.3. The highest BCUT2D eigenvalue weighted by atomic mass is 16.7. The number of aliphatic hydroxyl groups excluding tert-OH is 7. The van der Waals surface area contributed by atoms with Crippen LogP contribution in [-0.2, 0) is 14.3 Å². The lowest BCUT2D eigenvalue weighted by Crippen LogP contribution is -2.60. The summed E-state index contributed by atoms with van der Waals surface area (Å²) in [5, 5.41) is 76.5. The molecule has 0 bridgehead atoms. The maximum atomic E-state index is 13.2. The van der Waals surface area contributed by atoms with Crippen LogP contribution in [0.2, 0.25) is 0 Å². The second kappa shape index (κ2) is 57.0. The molecule has 0 aromatic rings. The minimum Gasteiger partial charge on any atom is -0.394 e. The standard InChI is InChI=1S/C68H131NO10/c1-3-5-7-9-11-13-15-17-19-21-23-25-27-29-31-33-35-37-39-41-43-45-47-49-51-53-55-60(71)63(73)59(58-78-68-66(76)65(75)64(74)62(57-70)79-68)69-67(77)61(72)56-54-52-50-48-46-44-42-40-38-36-34-32-30-28-26-24-22-20-18-16-14-12-10-8-6-4-2/h24,26,30,32,59-66,68,70-76H,3-23,25,27-29,31,33-58H2,1-2H3,(H,69,77)/b26-24-,32-30-. The van der Waals surface area contributed by atoms with Gasteiger partial charge in [0.1, 0.15) is 36.6 Å². The van der Waals surface area contributed by atoms with Gasteiger partial charge in [0.15, 0.2) is 6.29 Å². The molecular weight excluding hydrogens is 991 g/mol. The number of aliphatic hydroxyl groups is 7. The van der Waals surface area contributed by atoms with Gasteiger partial charge in [-0.1, -0.05) is 314 Å². The first-order valence-corrected chi connectivity index (χ1v) is 34.2. The fourth-order valence-corrected chi connectivity index (χ4v) is 11.2. The Bertz CT molecular complexity index is 1330. The average Bonchev–Trinajstić information content (AvgIpc) is 3.46. The van der Waals surface area contributed by atoms with Crippen LogP contribution >= 0.6 is 0 Å². The topological polar surface area (TPSA) is 189 Å². The Morgan fingerprint density at radius 2 is 0.772 bits per heavy atom. The van der Waals surface area contributed by atoms with E-state index in [0.29, 0.717) is 19.3 Å². The number of unbranched alkanes of at least 4 members (excludes halogenated alkanes) is 44. The number of amides is 1. The molecule has 79 heavy (non-hydrogen) atoms. The van der Waals surface area contributed by atoms with Crippen molar-refractivity contribution in [3.8, 4) is 0 Å². The molecule has 11 nitrogen and oxygen atoms in total. The van der Waals surface area contributed by atoms with Crippen LogP contribution in [0.15, 0.2) is 24.3 Å². The number of hydrogen-bond donors (Lipinski definition) is 8. The summed E-state index contributed by atoms with van der Waals surface area (Å²) in [5.74, 6) is -0.694. The summed E-state index contributed by atoms with van der Waals surface area (Å²) in [4.78, 5) is 13.2. The molecule has 0 aromatic carbocycles. The SMILES string of the molecule is CCCCCCCCCCC/C=C\C/C=C\CCCCCCCCCCCCC(O)C(=O)NC(COC1OC(CO)C(O)C(O)C1O)C(O)C(O)CCCCCCCCCCCCCCCCCCCCCCCCCCCC. The average molecular weight is 1120 g/mol. The normalized spacial score (nSPS) is 19.4. The molecule has 1 aliphatic rings. The molecular formula is C68H131NO10.